The molecule has 2 aromatic rings. The van der Waals surface area contributed by atoms with Crippen LogP contribution in [0.4, 0.5) is 4.39 Å². The van der Waals surface area contributed by atoms with Crippen molar-refractivity contribution in [1.82, 2.24) is 4.98 Å². The van der Waals surface area contributed by atoms with Gasteiger partial charge < -0.3 is 0 Å². The molecule has 0 aliphatic rings. The minimum absolute atomic E-state index is 0.285. The molecule has 0 bridgehead atoms. The van der Waals surface area contributed by atoms with Crippen LogP contribution in [-0.2, 0) is 6.42 Å². The first-order valence-electron chi connectivity index (χ1n) is 4.87. The van der Waals surface area contributed by atoms with Crippen molar-refractivity contribution in [3.8, 4) is 17.2 Å². The van der Waals surface area contributed by atoms with Crippen molar-refractivity contribution >= 4 is 0 Å². The molecule has 0 fully saturated rings. The van der Waals surface area contributed by atoms with Crippen LogP contribution < -0.4 is 0 Å². The minimum atomic E-state index is -0.297. The number of hydrogen-bond donors (Lipinski definition) is 0. The number of rotatable bonds is 2. The fourth-order valence-electron chi connectivity index (χ4n) is 1.52. The van der Waals surface area contributed by atoms with Crippen molar-refractivity contribution in [3.05, 3.63) is 54.1 Å². The minimum Gasteiger partial charge on any atom is -0.264 e. The third-order valence-corrected chi connectivity index (χ3v) is 2.29. The molecule has 0 aliphatic carbocycles. The second kappa shape index (κ2) is 4.54. The van der Waals surface area contributed by atoms with Gasteiger partial charge in [-0.05, 0) is 23.8 Å². The summed E-state index contributed by atoms with van der Waals surface area (Å²) in [5, 5.41) is 8.59. The van der Waals surface area contributed by atoms with Crippen molar-refractivity contribution in [2.24, 2.45) is 0 Å². The third-order valence-electron chi connectivity index (χ3n) is 2.29. The Kier molecular flexibility index (Phi) is 2.93. The molecule has 0 amide bonds. The van der Waals surface area contributed by atoms with Gasteiger partial charge in [-0.2, -0.15) is 5.26 Å². The van der Waals surface area contributed by atoms with Gasteiger partial charge in [0.25, 0.3) is 0 Å². The lowest BCUT2D eigenvalue weighted by Gasteiger charge is -2.04. The number of nitrogens with zero attached hydrogens (tertiary/aromatic N) is 2. The summed E-state index contributed by atoms with van der Waals surface area (Å²) in [6.45, 7) is 0. The van der Waals surface area contributed by atoms with Crippen molar-refractivity contribution in [1.29, 1.82) is 5.26 Å². The molecule has 0 spiro atoms. The topological polar surface area (TPSA) is 36.7 Å². The molecular formula is C13H9FN2. The highest BCUT2D eigenvalue weighted by atomic mass is 19.1. The number of pyridine rings is 1. The summed E-state index contributed by atoms with van der Waals surface area (Å²) < 4.78 is 13.6. The maximum Gasteiger partial charge on any atom is 0.131 e. The summed E-state index contributed by atoms with van der Waals surface area (Å²) in [4.78, 5) is 3.95. The molecule has 0 radical (unpaired) electrons. The largest absolute Gasteiger partial charge is 0.264 e. The van der Waals surface area contributed by atoms with Gasteiger partial charge >= 0.3 is 0 Å². The van der Waals surface area contributed by atoms with Gasteiger partial charge in [-0.25, -0.2) is 4.39 Å². The van der Waals surface area contributed by atoms with Gasteiger partial charge in [0, 0.05) is 23.5 Å². The Morgan fingerprint density at radius 2 is 2.19 bits per heavy atom. The molecule has 2 rings (SSSR count). The molecule has 0 atom stereocenters. The summed E-state index contributed by atoms with van der Waals surface area (Å²) in [5.74, 6) is -0.297. The van der Waals surface area contributed by atoms with E-state index in [4.69, 9.17) is 5.26 Å². The van der Waals surface area contributed by atoms with E-state index in [1.165, 1.54) is 6.07 Å². The maximum atomic E-state index is 13.6. The van der Waals surface area contributed by atoms with Gasteiger partial charge in [0.05, 0.1) is 12.5 Å². The molecule has 0 N–H and O–H groups in total. The van der Waals surface area contributed by atoms with Gasteiger partial charge in [-0.15, -0.1) is 0 Å². The monoisotopic (exact) mass is 212 g/mol. The van der Waals surface area contributed by atoms with E-state index in [-0.39, 0.29) is 12.2 Å². The molecule has 1 aromatic heterocycles. The summed E-state index contributed by atoms with van der Waals surface area (Å²) in [5.41, 5.74) is 2.02. The average Bonchev–Trinajstić information content (AvgIpc) is 2.33. The predicted molar refractivity (Wildman–Crippen MR) is 58.9 cm³/mol. The fourth-order valence-corrected chi connectivity index (χ4v) is 1.52. The van der Waals surface area contributed by atoms with Crippen LogP contribution >= 0.6 is 0 Å². The van der Waals surface area contributed by atoms with Gasteiger partial charge in [0.1, 0.15) is 5.82 Å². The van der Waals surface area contributed by atoms with Crippen LogP contribution in [0, 0.1) is 17.1 Å². The predicted octanol–water partition coefficient (Wildman–Crippen LogP) is 2.95. The Balaban J connectivity index is 2.48. The highest BCUT2D eigenvalue weighted by molar-refractivity contribution is 5.63. The lowest BCUT2D eigenvalue weighted by atomic mass is 10.0. The van der Waals surface area contributed by atoms with Crippen molar-refractivity contribution in [2.75, 3.05) is 0 Å². The van der Waals surface area contributed by atoms with E-state index in [2.05, 4.69) is 4.98 Å². The van der Waals surface area contributed by atoms with Crippen LogP contribution in [0.15, 0.2) is 42.7 Å². The summed E-state index contributed by atoms with van der Waals surface area (Å²) in [7, 11) is 0. The lowest BCUT2D eigenvalue weighted by molar-refractivity contribution is 0.630. The first-order valence-corrected chi connectivity index (χ1v) is 4.87. The highest BCUT2D eigenvalue weighted by Crippen LogP contribution is 2.23. The number of nitriles is 1. The maximum absolute atomic E-state index is 13.6. The van der Waals surface area contributed by atoms with E-state index in [9.17, 15) is 4.39 Å². The molecule has 1 heterocycles. The smallest absolute Gasteiger partial charge is 0.131 e. The zero-order chi connectivity index (χ0) is 11.4. The van der Waals surface area contributed by atoms with Crippen LogP contribution in [0.5, 0.6) is 0 Å². The molecule has 0 saturated heterocycles. The Hall–Kier alpha value is -2.21. The van der Waals surface area contributed by atoms with E-state index in [1.807, 2.05) is 6.07 Å². The van der Waals surface area contributed by atoms with E-state index in [1.54, 1.807) is 36.7 Å². The molecule has 16 heavy (non-hydrogen) atoms. The molecule has 2 nitrogen and oxygen atoms in total. The van der Waals surface area contributed by atoms with Crippen molar-refractivity contribution in [2.45, 2.75) is 6.42 Å². The van der Waals surface area contributed by atoms with Gasteiger partial charge in [-0.3, -0.25) is 4.98 Å². The zero-order valence-corrected chi connectivity index (χ0v) is 8.52. The summed E-state index contributed by atoms with van der Waals surface area (Å²) in [6, 6.07) is 10.3. The number of halogens is 1. The standard InChI is InChI=1S/C13H9FN2/c14-13-4-3-10(5-6-15)8-12(13)11-2-1-7-16-9-11/h1-4,7-9H,5H2. The molecule has 0 aliphatic heterocycles. The first kappa shape index (κ1) is 10.3. The molecule has 0 saturated carbocycles. The average molecular weight is 212 g/mol. The Morgan fingerprint density at radius 3 is 2.88 bits per heavy atom. The van der Waals surface area contributed by atoms with Crippen LogP contribution in [0.1, 0.15) is 5.56 Å². The Labute approximate surface area is 93.0 Å². The molecule has 3 heteroatoms. The zero-order valence-electron chi connectivity index (χ0n) is 8.52. The van der Waals surface area contributed by atoms with E-state index in [0.29, 0.717) is 5.56 Å². The van der Waals surface area contributed by atoms with Crippen molar-refractivity contribution in [3.63, 3.8) is 0 Å². The molecule has 0 unspecified atom stereocenters. The second-order valence-corrected chi connectivity index (χ2v) is 3.39. The van der Waals surface area contributed by atoms with Crippen LogP contribution in [0.3, 0.4) is 0 Å². The normalized spacial score (nSPS) is 9.75. The van der Waals surface area contributed by atoms with E-state index >= 15 is 0 Å². The second-order valence-electron chi connectivity index (χ2n) is 3.39. The summed E-state index contributed by atoms with van der Waals surface area (Å²) >= 11 is 0. The highest BCUT2D eigenvalue weighted by Gasteiger charge is 2.05. The first-order chi connectivity index (χ1) is 7.81. The molecular weight excluding hydrogens is 203 g/mol. The van der Waals surface area contributed by atoms with Crippen molar-refractivity contribution < 1.29 is 4.39 Å². The molecule has 78 valence electrons. The van der Waals surface area contributed by atoms with Crippen LogP contribution in [0.2, 0.25) is 0 Å². The van der Waals surface area contributed by atoms with E-state index in [0.717, 1.165) is 11.1 Å². The van der Waals surface area contributed by atoms with Gasteiger partial charge in [-0.1, -0.05) is 12.1 Å². The van der Waals surface area contributed by atoms with Crippen LogP contribution in [-0.4, -0.2) is 4.98 Å². The fraction of sp³-hybridized carbons (Fsp3) is 0.0769. The molecule has 1 aromatic carbocycles. The number of benzene rings is 1. The third kappa shape index (κ3) is 2.06. The Bertz CT molecular complexity index is 529. The Morgan fingerprint density at radius 1 is 1.31 bits per heavy atom. The lowest BCUT2D eigenvalue weighted by Crippen LogP contribution is -1.89. The number of hydrogen-bond acceptors (Lipinski definition) is 2. The van der Waals surface area contributed by atoms with E-state index < -0.39 is 0 Å². The SMILES string of the molecule is N#CCc1ccc(F)c(-c2cccnc2)c1. The van der Waals surface area contributed by atoms with Gasteiger partial charge in [0.15, 0.2) is 0 Å². The number of aromatic nitrogens is 1. The summed E-state index contributed by atoms with van der Waals surface area (Å²) in [6.07, 6.45) is 3.53. The quantitative estimate of drug-likeness (QED) is 0.767. The van der Waals surface area contributed by atoms with Gasteiger partial charge in [0.2, 0.25) is 0 Å². The van der Waals surface area contributed by atoms with Crippen LogP contribution in [0.25, 0.3) is 11.1 Å².